The molecule has 0 saturated heterocycles. The number of hydrogen-bond acceptors (Lipinski definition) is 3. The maximum Gasteiger partial charge on any atom is 0.314 e. The van der Waals surface area contributed by atoms with Crippen molar-refractivity contribution >= 4 is 11.9 Å². The second kappa shape index (κ2) is 8.15. The van der Waals surface area contributed by atoms with Gasteiger partial charge in [-0.15, -0.1) is 0 Å². The van der Waals surface area contributed by atoms with E-state index in [9.17, 15) is 4.79 Å². The highest BCUT2D eigenvalue weighted by atomic mass is 16.4. The van der Waals surface area contributed by atoms with E-state index in [1.54, 1.807) is 0 Å². The minimum atomic E-state index is -0.156. The third kappa shape index (κ3) is 7.20. The Balaban J connectivity index is 3.25. The second-order valence-electron chi connectivity index (χ2n) is 2.83. The summed E-state index contributed by atoms with van der Waals surface area (Å²) in [4.78, 5) is 10.9. The third-order valence-corrected chi connectivity index (χ3v) is 1.61. The van der Waals surface area contributed by atoms with Crippen LogP contribution in [0.2, 0.25) is 0 Å². The summed E-state index contributed by atoms with van der Waals surface area (Å²) >= 11 is 0. The number of carbonyl (C=O) groups excluding carboxylic acids is 1. The van der Waals surface area contributed by atoms with Gasteiger partial charge in [0.1, 0.15) is 5.84 Å². The summed E-state index contributed by atoms with van der Waals surface area (Å²) in [6.07, 6.45) is 2.16. The maximum atomic E-state index is 10.9. The number of nitrogens with one attached hydrogen (secondary N) is 2. The van der Waals surface area contributed by atoms with Gasteiger partial charge in [-0.1, -0.05) is 5.16 Å². The summed E-state index contributed by atoms with van der Waals surface area (Å²) in [7, 11) is 0. The molecule has 0 saturated carbocycles. The van der Waals surface area contributed by atoms with Crippen LogP contribution in [0.1, 0.15) is 26.2 Å². The summed E-state index contributed by atoms with van der Waals surface area (Å²) in [5, 5.41) is 16.4. The van der Waals surface area contributed by atoms with Crippen LogP contribution >= 0.6 is 0 Å². The van der Waals surface area contributed by atoms with Crippen LogP contribution in [-0.2, 0) is 0 Å². The van der Waals surface area contributed by atoms with Gasteiger partial charge in [0, 0.05) is 19.5 Å². The Morgan fingerprint density at radius 3 is 2.71 bits per heavy atom. The summed E-state index contributed by atoms with van der Waals surface area (Å²) in [5.74, 6) is 0.225. The minimum absolute atomic E-state index is 0.156. The molecule has 82 valence electrons. The molecule has 0 aromatic heterocycles. The Hall–Kier alpha value is -1.46. The van der Waals surface area contributed by atoms with E-state index in [1.807, 2.05) is 6.92 Å². The van der Waals surface area contributed by atoms with Crippen LogP contribution in [0.4, 0.5) is 4.79 Å². The smallest absolute Gasteiger partial charge is 0.314 e. The van der Waals surface area contributed by atoms with Crippen LogP contribution in [0.5, 0.6) is 0 Å². The van der Waals surface area contributed by atoms with Crippen molar-refractivity contribution in [3.8, 4) is 0 Å². The Morgan fingerprint density at radius 2 is 2.14 bits per heavy atom. The summed E-state index contributed by atoms with van der Waals surface area (Å²) in [6.45, 7) is 3.08. The van der Waals surface area contributed by atoms with Crippen molar-refractivity contribution in [1.82, 2.24) is 10.6 Å². The van der Waals surface area contributed by atoms with Gasteiger partial charge in [0.2, 0.25) is 0 Å². The average molecular weight is 202 g/mol. The molecule has 6 heteroatoms. The molecule has 0 aliphatic carbocycles. The first kappa shape index (κ1) is 12.5. The van der Waals surface area contributed by atoms with Crippen molar-refractivity contribution in [2.45, 2.75) is 26.2 Å². The van der Waals surface area contributed by atoms with E-state index in [0.717, 1.165) is 12.8 Å². The Morgan fingerprint density at radius 1 is 1.43 bits per heavy atom. The lowest BCUT2D eigenvalue weighted by Crippen LogP contribution is -2.35. The van der Waals surface area contributed by atoms with E-state index < -0.39 is 0 Å². The molecule has 0 aliphatic rings. The van der Waals surface area contributed by atoms with Crippen molar-refractivity contribution in [2.24, 2.45) is 10.9 Å². The minimum Gasteiger partial charge on any atom is -0.409 e. The standard InChI is InChI=1S/C8H18N4O2/c1-2-10-8(13)11-6-4-3-5-7(9)12-14/h14H,2-6H2,1H3,(H2,9,12)(H2,10,11,13). The topological polar surface area (TPSA) is 99.7 Å². The second-order valence-corrected chi connectivity index (χ2v) is 2.83. The molecular formula is C8H18N4O2. The van der Waals surface area contributed by atoms with E-state index in [0.29, 0.717) is 19.5 Å². The maximum absolute atomic E-state index is 10.9. The first-order valence-corrected chi connectivity index (χ1v) is 4.68. The highest BCUT2D eigenvalue weighted by Crippen LogP contribution is 1.93. The number of urea groups is 1. The molecule has 0 rings (SSSR count). The van der Waals surface area contributed by atoms with E-state index in [-0.39, 0.29) is 11.9 Å². The van der Waals surface area contributed by atoms with Crippen molar-refractivity contribution < 1.29 is 10.0 Å². The van der Waals surface area contributed by atoms with Crippen molar-refractivity contribution in [3.63, 3.8) is 0 Å². The number of amides is 2. The van der Waals surface area contributed by atoms with Gasteiger partial charge in [0.05, 0.1) is 0 Å². The normalized spacial score (nSPS) is 11.1. The number of rotatable bonds is 6. The zero-order chi connectivity index (χ0) is 10.8. The molecule has 0 fully saturated rings. The van der Waals surface area contributed by atoms with Crippen LogP contribution in [-0.4, -0.2) is 30.2 Å². The molecule has 0 atom stereocenters. The molecule has 5 N–H and O–H groups in total. The molecule has 0 radical (unpaired) electrons. The molecule has 0 bridgehead atoms. The Bertz CT molecular complexity index is 194. The monoisotopic (exact) mass is 202 g/mol. The zero-order valence-electron chi connectivity index (χ0n) is 8.42. The average Bonchev–Trinajstić information content (AvgIpc) is 2.17. The fourth-order valence-corrected chi connectivity index (χ4v) is 0.906. The lowest BCUT2D eigenvalue weighted by molar-refractivity contribution is 0.241. The number of nitrogens with two attached hydrogens (primary N) is 1. The van der Waals surface area contributed by atoms with Gasteiger partial charge in [0.25, 0.3) is 0 Å². The molecule has 0 aromatic rings. The molecule has 0 spiro atoms. The van der Waals surface area contributed by atoms with Crippen LogP contribution in [0.3, 0.4) is 0 Å². The molecule has 14 heavy (non-hydrogen) atoms. The third-order valence-electron chi connectivity index (χ3n) is 1.61. The predicted octanol–water partition coefficient (Wildman–Crippen LogP) is 0.222. The number of nitrogens with zero attached hydrogens (tertiary/aromatic N) is 1. The number of hydrogen-bond donors (Lipinski definition) is 4. The molecule has 6 nitrogen and oxygen atoms in total. The van der Waals surface area contributed by atoms with E-state index in [2.05, 4.69) is 15.8 Å². The van der Waals surface area contributed by atoms with Crippen LogP contribution < -0.4 is 16.4 Å². The lowest BCUT2D eigenvalue weighted by atomic mass is 10.2. The Kier molecular flexibility index (Phi) is 7.30. The summed E-state index contributed by atoms with van der Waals surface area (Å²) < 4.78 is 0. The zero-order valence-corrected chi connectivity index (χ0v) is 8.42. The highest BCUT2D eigenvalue weighted by molar-refractivity contribution is 5.79. The van der Waals surface area contributed by atoms with Crippen molar-refractivity contribution in [3.05, 3.63) is 0 Å². The van der Waals surface area contributed by atoms with Gasteiger partial charge in [-0.05, 0) is 19.8 Å². The number of carbonyl (C=O) groups is 1. The number of oxime groups is 1. The first-order chi connectivity index (χ1) is 6.70. The van der Waals surface area contributed by atoms with Gasteiger partial charge >= 0.3 is 6.03 Å². The van der Waals surface area contributed by atoms with E-state index in [1.165, 1.54) is 0 Å². The predicted molar refractivity (Wildman–Crippen MR) is 54.3 cm³/mol. The first-order valence-electron chi connectivity index (χ1n) is 4.68. The quantitative estimate of drug-likeness (QED) is 0.163. The summed E-state index contributed by atoms with van der Waals surface area (Å²) in [5.41, 5.74) is 5.26. The number of unbranched alkanes of at least 4 members (excludes halogenated alkanes) is 1. The van der Waals surface area contributed by atoms with Crippen LogP contribution in [0.25, 0.3) is 0 Å². The highest BCUT2D eigenvalue weighted by Gasteiger charge is 1.97. The molecular weight excluding hydrogens is 184 g/mol. The van der Waals surface area contributed by atoms with Gasteiger partial charge in [-0.25, -0.2) is 4.79 Å². The van der Waals surface area contributed by atoms with Gasteiger partial charge in [-0.2, -0.15) is 0 Å². The molecule has 2 amide bonds. The Labute approximate surface area is 83.5 Å². The van der Waals surface area contributed by atoms with Crippen LogP contribution in [0, 0.1) is 0 Å². The largest absolute Gasteiger partial charge is 0.409 e. The lowest BCUT2D eigenvalue weighted by Gasteiger charge is -2.04. The van der Waals surface area contributed by atoms with Gasteiger partial charge < -0.3 is 21.6 Å². The van der Waals surface area contributed by atoms with E-state index >= 15 is 0 Å². The van der Waals surface area contributed by atoms with Crippen molar-refractivity contribution in [2.75, 3.05) is 13.1 Å². The molecule has 0 aliphatic heterocycles. The van der Waals surface area contributed by atoms with Crippen molar-refractivity contribution in [1.29, 1.82) is 0 Å². The fraction of sp³-hybridized carbons (Fsp3) is 0.750. The van der Waals surface area contributed by atoms with E-state index in [4.69, 9.17) is 10.9 Å². The van der Waals surface area contributed by atoms with Crippen LogP contribution in [0.15, 0.2) is 5.16 Å². The number of amidine groups is 1. The van der Waals surface area contributed by atoms with Gasteiger partial charge in [-0.3, -0.25) is 0 Å². The molecule has 0 unspecified atom stereocenters. The molecule has 0 aromatic carbocycles. The fourth-order valence-electron chi connectivity index (χ4n) is 0.906. The summed E-state index contributed by atoms with van der Waals surface area (Å²) in [6, 6.07) is -0.156. The van der Waals surface area contributed by atoms with Gasteiger partial charge in [0.15, 0.2) is 0 Å². The molecule has 0 heterocycles. The SMILES string of the molecule is CCNC(=O)NCCCCC(N)=NO.